The molecule has 0 saturated heterocycles. The number of carbonyl (C=O) groups is 2. The summed E-state index contributed by atoms with van der Waals surface area (Å²) >= 11 is 5.93. The number of likely N-dealkylation sites (N-methyl/N-ethyl adjacent to an activating group) is 1. The summed E-state index contributed by atoms with van der Waals surface area (Å²) in [6, 6.07) is 12.1. The van der Waals surface area contributed by atoms with Gasteiger partial charge in [0.25, 0.3) is 11.8 Å². The van der Waals surface area contributed by atoms with Gasteiger partial charge in [0.05, 0.1) is 5.57 Å². The number of anilines is 1. The molecule has 2 aliphatic heterocycles. The van der Waals surface area contributed by atoms with Crippen LogP contribution in [0.15, 0.2) is 48.2 Å². The monoisotopic (exact) mass is 370 g/mol. The highest BCUT2D eigenvalue weighted by Gasteiger charge is 2.36. The summed E-state index contributed by atoms with van der Waals surface area (Å²) in [7, 11) is 1.46. The smallest absolute Gasteiger partial charge is 0.277 e. The molecule has 2 amide bonds. The van der Waals surface area contributed by atoms with Crippen molar-refractivity contribution in [3.05, 3.63) is 58.7 Å². The molecule has 26 heavy (non-hydrogen) atoms. The molecule has 132 valence electrons. The Morgan fingerprint density at radius 3 is 2.38 bits per heavy atom. The van der Waals surface area contributed by atoms with Gasteiger partial charge in [-0.3, -0.25) is 14.5 Å². The first-order chi connectivity index (χ1) is 12.5. The van der Waals surface area contributed by atoms with Gasteiger partial charge < -0.3 is 14.8 Å². The van der Waals surface area contributed by atoms with E-state index in [-0.39, 0.29) is 11.6 Å². The van der Waals surface area contributed by atoms with Crippen molar-refractivity contribution in [2.45, 2.75) is 0 Å². The first-order valence-corrected chi connectivity index (χ1v) is 8.41. The SMILES string of the molecule is CN1C(=O)C(Nc2ccc3c(c2)OCCO3)=C(c2ccc(Cl)cc2)C1=O. The fourth-order valence-corrected chi connectivity index (χ4v) is 3.03. The molecule has 0 saturated carbocycles. The second kappa shape index (κ2) is 6.38. The van der Waals surface area contributed by atoms with Crippen molar-refractivity contribution in [2.75, 3.05) is 25.6 Å². The summed E-state index contributed by atoms with van der Waals surface area (Å²) in [6.45, 7) is 0.971. The number of nitrogens with zero attached hydrogens (tertiary/aromatic N) is 1. The summed E-state index contributed by atoms with van der Waals surface area (Å²) in [5.41, 5.74) is 1.78. The van der Waals surface area contributed by atoms with Gasteiger partial charge in [0, 0.05) is 23.8 Å². The molecule has 2 aromatic carbocycles. The van der Waals surface area contributed by atoms with E-state index in [0.29, 0.717) is 46.6 Å². The lowest BCUT2D eigenvalue weighted by Crippen LogP contribution is -2.27. The average molecular weight is 371 g/mol. The molecule has 0 spiro atoms. The van der Waals surface area contributed by atoms with Crippen LogP contribution in [0.2, 0.25) is 5.02 Å². The second-order valence-corrected chi connectivity index (χ2v) is 6.35. The lowest BCUT2D eigenvalue weighted by Gasteiger charge is -2.19. The molecular formula is C19H15ClN2O4. The van der Waals surface area contributed by atoms with Crippen LogP contribution in [0.5, 0.6) is 11.5 Å². The van der Waals surface area contributed by atoms with Crippen molar-refractivity contribution >= 4 is 34.7 Å². The van der Waals surface area contributed by atoms with Crippen molar-refractivity contribution in [1.82, 2.24) is 4.90 Å². The molecule has 0 aliphatic carbocycles. The zero-order valence-corrected chi connectivity index (χ0v) is 14.7. The number of hydrogen-bond acceptors (Lipinski definition) is 5. The number of nitrogens with one attached hydrogen (secondary N) is 1. The number of carbonyl (C=O) groups excluding carboxylic acids is 2. The normalized spacial score (nSPS) is 16.3. The van der Waals surface area contributed by atoms with Crippen LogP contribution in [0.1, 0.15) is 5.56 Å². The van der Waals surface area contributed by atoms with Crippen LogP contribution in [0.3, 0.4) is 0 Å². The van der Waals surface area contributed by atoms with Crippen LogP contribution in [-0.4, -0.2) is 37.0 Å². The van der Waals surface area contributed by atoms with Gasteiger partial charge in [0.15, 0.2) is 11.5 Å². The van der Waals surface area contributed by atoms with Gasteiger partial charge in [0.2, 0.25) is 0 Å². The Morgan fingerprint density at radius 1 is 0.962 bits per heavy atom. The third kappa shape index (κ3) is 2.78. The summed E-state index contributed by atoms with van der Waals surface area (Å²) in [5, 5.41) is 3.62. The molecule has 2 heterocycles. The maximum Gasteiger partial charge on any atom is 0.277 e. The Labute approximate surface area is 155 Å². The van der Waals surface area contributed by atoms with Crippen LogP contribution in [-0.2, 0) is 9.59 Å². The zero-order chi connectivity index (χ0) is 18.3. The van der Waals surface area contributed by atoms with Crippen molar-refractivity contribution in [2.24, 2.45) is 0 Å². The Bertz CT molecular complexity index is 937. The van der Waals surface area contributed by atoms with Crippen molar-refractivity contribution in [3.63, 3.8) is 0 Å². The molecule has 0 unspecified atom stereocenters. The number of rotatable bonds is 3. The predicted octanol–water partition coefficient (Wildman–Crippen LogP) is 2.93. The first kappa shape index (κ1) is 16.5. The minimum absolute atomic E-state index is 0.219. The number of halogens is 1. The number of benzene rings is 2. The van der Waals surface area contributed by atoms with Gasteiger partial charge in [-0.05, 0) is 29.8 Å². The average Bonchev–Trinajstić information content (AvgIpc) is 2.86. The lowest BCUT2D eigenvalue weighted by molar-refractivity contribution is -0.135. The molecule has 0 fully saturated rings. The molecule has 2 aromatic rings. The summed E-state index contributed by atoms with van der Waals surface area (Å²) in [6.07, 6.45) is 0. The van der Waals surface area contributed by atoms with E-state index < -0.39 is 5.91 Å². The molecule has 0 radical (unpaired) electrons. The van der Waals surface area contributed by atoms with Crippen LogP contribution >= 0.6 is 11.6 Å². The van der Waals surface area contributed by atoms with E-state index in [4.69, 9.17) is 21.1 Å². The summed E-state index contributed by atoms with van der Waals surface area (Å²) in [5.74, 6) is 0.492. The van der Waals surface area contributed by atoms with E-state index in [1.54, 1.807) is 42.5 Å². The highest BCUT2D eigenvalue weighted by Crippen LogP contribution is 2.35. The minimum Gasteiger partial charge on any atom is -0.486 e. The highest BCUT2D eigenvalue weighted by molar-refractivity contribution is 6.36. The Hall–Kier alpha value is -2.99. The van der Waals surface area contributed by atoms with Gasteiger partial charge in [-0.1, -0.05) is 23.7 Å². The lowest BCUT2D eigenvalue weighted by atomic mass is 10.0. The van der Waals surface area contributed by atoms with E-state index >= 15 is 0 Å². The number of hydrogen-bond donors (Lipinski definition) is 1. The topological polar surface area (TPSA) is 67.9 Å². The van der Waals surface area contributed by atoms with Crippen LogP contribution in [0, 0.1) is 0 Å². The largest absolute Gasteiger partial charge is 0.486 e. The van der Waals surface area contributed by atoms with E-state index in [1.165, 1.54) is 7.05 Å². The van der Waals surface area contributed by atoms with E-state index in [1.807, 2.05) is 0 Å². The molecule has 0 atom stereocenters. The summed E-state index contributed by atoms with van der Waals surface area (Å²) in [4.78, 5) is 26.2. The fraction of sp³-hybridized carbons (Fsp3) is 0.158. The second-order valence-electron chi connectivity index (χ2n) is 5.91. The molecule has 7 heteroatoms. The van der Waals surface area contributed by atoms with Crippen molar-refractivity contribution in [3.8, 4) is 11.5 Å². The van der Waals surface area contributed by atoms with Crippen molar-refractivity contribution < 1.29 is 19.1 Å². The van der Waals surface area contributed by atoms with Crippen LogP contribution < -0.4 is 14.8 Å². The van der Waals surface area contributed by atoms with E-state index in [0.717, 1.165) is 4.90 Å². The number of ether oxygens (including phenoxy) is 2. The van der Waals surface area contributed by atoms with Crippen molar-refractivity contribution in [1.29, 1.82) is 0 Å². The fourth-order valence-electron chi connectivity index (χ4n) is 2.91. The minimum atomic E-state index is -0.394. The molecule has 6 nitrogen and oxygen atoms in total. The van der Waals surface area contributed by atoms with Gasteiger partial charge >= 0.3 is 0 Å². The zero-order valence-electron chi connectivity index (χ0n) is 13.9. The third-order valence-electron chi connectivity index (χ3n) is 4.23. The van der Waals surface area contributed by atoms with Gasteiger partial charge in [-0.15, -0.1) is 0 Å². The molecule has 1 N–H and O–H groups in total. The molecular weight excluding hydrogens is 356 g/mol. The number of amides is 2. The molecule has 0 bridgehead atoms. The van der Waals surface area contributed by atoms with Gasteiger partial charge in [-0.2, -0.15) is 0 Å². The number of fused-ring (bicyclic) bond motifs is 1. The van der Waals surface area contributed by atoms with Gasteiger partial charge in [-0.25, -0.2) is 0 Å². The Kier molecular flexibility index (Phi) is 4.05. The first-order valence-electron chi connectivity index (χ1n) is 8.04. The predicted molar refractivity (Wildman–Crippen MR) is 97.2 cm³/mol. The Morgan fingerprint density at radius 2 is 1.65 bits per heavy atom. The maximum absolute atomic E-state index is 12.6. The highest BCUT2D eigenvalue weighted by atomic mass is 35.5. The maximum atomic E-state index is 12.6. The molecule has 2 aliphatic rings. The van der Waals surface area contributed by atoms with E-state index in [2.05, 4.69) is 5.32 Å². The third-order valence-corrected chi connectivity index (χ3v) is 4.48. The molecule has 4 rings (SSSR count). The quantitative estimate of drug-likeness (QED) is 0.841. The van der Waals surface area contributed by atoms with Crippen LogP contribution in [0.25, 0.3) is 5.57 Å². The van der Waals surface area contributed by atoms with Crippen LogP contribution in [0.4, 0.5) is 5.69 Å². The van der Waals surface area contributed by atoms with Gasteiger partial charge in [0.1, 0.15) is 18.9 Å². The molecule has 0 aromatic heterocycles. The Balaban J connectivity index is 1.74. The summed E-state index contributed by atoms with van der Waals surface area (Å²) < 4.78 is 11.1. The van der Waals surface area contributed by atoms with E-state index in [9.17, 15) is 9.59 Å². The standard InChI is InChI=1S/C19H15ClN2O4/c1-22-18(23)16(11-2-4-12(20)5-3-11)17(19(22)24)21-13-6-7-14-15(10-13)26-9-8-25-14/h2-7,10,21H,8-9H2,1H3. The number of imide groups is 1.